The Labute approximate surface area is 177 Å². The lowest BCUT2D eigenvalue weighted by Gasteiger charge is -2.12. The van der Waals surface area contributed by atoms with Gasteiger partial charge in [0.15, 0.2) is 0 Å². The predicted octanol–water partition coefficient (Wildman–Crippen LogP) is 2.42. The molecule has 0 saturated heterocycles. The van der Waals surface area contributed by atoms with Crippen LogP contribution in [0.4, 0.5) is 0 Å². The fraction of sp³-hybridized carbons (Fsp3) is 0.190. The van der Waals surface area contributed by atoms with Crippen molar-refractivity contribution in [1.82, 2.24) is 24.5 Å². The van der Waals surface area contributed by atoms with E-state index in [2.05, 4.69) is 31.2 Å². The molecule has 2 aliphatic rings. The number of hydrogen-bond donors (Lipinski definition) is 0. The van der Waals surface area contributed by atoms with Gasteiger partial charge in [-0.3, -0.25) is 9.56 Å². The molecule has 0 bridgehead atoms. The van der Waals surface area contributed by atoms with Crippen molar-refractivity contribution in [2.45, 2.75) is 12.5 Å². The Balaban J connectivity index is 1.57. The largest absolute Gasteiger partial charge is 0.466 e. The van der Waals surface area contributed by atoms with Gasteiger partial charge >= 0.3 is 0 Å². The van der Waals surface area contributed by atoms with Crippen molar-refractivity contribution < 1.29 is 4.74 Å². The number of hydrogen-bond acceptors (Lipinski definition) is 6. The number of terminal acetylenes is 1. The van der Waals surface area contributed by atoms with Gasteiger partial charge in [-0.2, -0.15) is 0 Å². The molecule has 0 spiro atoms. The first-order valence-electron chi connectivity index (χ1n) is 9.25. The fourth-order valence-electron chi connectivity index (χ4n) is 3.69. The Morgan fingerprint density at radius 3 is 3.13 bits per heavy atom. The summed E-state index contributed by atoms with van der Waals surface area (Å²) in [6.07, 6.45) is 12.6. The van der Waals surface area contributed by atoms with E-state index in [1.807, 2.05) is 22.8 Å². The van der Waals surface area contributed by atoms with E-state index in [-0.39, 0.29) is 6.10 Å². The summed E-state index contributed by atoms with van der Waals surface area (Å²) in [7, 11) is 1.69. The number of aliphatic imine (C=N–C) groups is 2. The molecule has 148 valence electrons. The van der Waals surface area contributed by atoms with Crippen LogP contribution in [0.3, 0.4) is 0 Å². The molecular formula is C21H16ClN7O. The number of halogens is 1. The lowest BCUT2D eigenvalue weighted by molar-refractivity contribution is 0.268. The number of rotatable bonds is 3. The number of aromatic nitrogens is 5. The smallest absolute Gasteiger partial charge is 0.238 e. The van der Waals surface area contributed by atoms with Gasteiger partial charge in [-0.15, -0.1) is 11.5 Å². The zero-order chi connectivity index (χ0) is 20.7. The molecule has 0 saturated carbocycles. The number of ether oxygens (including phenoxy) is 1. The molecule has 1 atom stereocenters. The van der Waals surface area contributed by atoms with Crippen LogP contribution < -0.4 is 0 Å². The second kappa shape index (κ2) is 7.28. The molecule has 8 nitrogen and oxygen atoms in total. The second-order valence-corrected chi connectivity index (χ2v) is 7.24. The van der Waals surface area contributed by atoms with Gasteiger partial charge < -0.3 is 4.74 Å². The van der Waals surface area contributed by atoms with Gasteiger partial charge in [-0.1, -0.05) is 22.7 Å². The summed E-state index contributed by atoms with van der Waals surface area (Å²) in [5.74, 6) is 3.01. The molecule has 1 unspecified atom stereocenters. The van der Waals surface area contributed by atoms with Crippen LogP contribution >= 0.6 is 11.6 Å². The number of nitrogens with zero attached hydrogens (tertiary/aromatic N) is 7. The zero-order valence-corrected chi connectivity index (χ0v) is 16.8. The Bertz CT molecular complexity index is 1270. The van der Waals surface area contributed by atoms with Gasteiger partial charge in [-0.25, -0.2) is 14.7 Å². The van der Waals surface area contributed by atoms with Crippen LogP contribution in [-0.2, 0) is 11.2 Å². The molecule has 9 heteroatoms. The lowest BCUT2D eigenvalue weighted by atomic mass is 10.1. The monoisotopic (exact) mass is 417 g/mol. The molecule has 0 amide bonds. The summed E-state index contributed by atoms with van der Waals surface area (Å²) in [6.45, 7) is 0.451. The molecule has 3 aromatic rings. The second-order valence-electron chi connectivity index (χ2n) is 6.81. The molecule has 2 aliphatic heterocycles. The molecule has 5 rings (SSSR count). The van der Waals surface area contributed by atoms with Gasteiger partial charge in [0.25, 0.3) is 0 Å². The first-order chi connectivity index (χ1) is 14.7. The van der Waals surface area contributed by atoms with E-state index in [4.69, 9.17) is 22.8 Å². The highest BCUT2D eigenvalue weighted by Gasteiger charge is 2.30. The Morgan fingerprint density at radius 2 is 2.30 bits per heavy atom. The topological polar surface area (TPSA) is 82.5 Å². The van der Waals surface area contributed by atoms with Gasteiger partial charge in [-0.05, 0) is 24.3 Å². The average molecular weight is 418 g/mol. The summed E-state index contributed by atoms with van der Waals surface area (Å²) in [6, 6.07) is 5.64. The maximum absolute atomic E-state index is 6.24. The third kappa shape index (κ3) is 2.91. The van der Waals surface area contributed by atoms with E-state index in [1.165, 1.54) is 0 Å². The van der Waals surface area contributed by atoms with Crippen molar-refractivity contribution >= 4 is 23.7 Å². The number of benzene rings is 1. The Kier molecular flexibility index (Phi) is 4.45. The molecule has 1 aromatic carbocycles. The van der Waals surface area contributed by atoms with Gasteiger partial charge in [0.1, 0.15) is 18.1 Å². The standard InChI is InChI=1S/C21H16ClN7O/c1-3-4-13(9-23-2)19-11-24-21(30-19)20-18-8-15-10-26-27-29(15)17-7-14(22)5-6-16(17)28(18)12-25-20/h1,4-7,9-10,12,19H,8,11H2,2H3/b13-4+,23-9-. The first-order valence-corrected chi connectivity index (χ1v) is 9.63. The number of imidazole rings is 1. The normalized spacial score (nSPS) is 17.6. The summed E-state index contributed by atoms with van der Waals surface area (Å²) in [5, 5.41) is 8.93. The van der Waals surface area contributed by atoms with Crippen molar-refractivity contribution in [2.75, 3.05) is 13.6 Å². The zero-order valence-electron chi connectivity index (χ0n) is 16.0. The van der Waals surface area contributed by atoms with E-state index < -0.39 is 0 Å². The van der Waals surface area contributed by atoms with E-state index in [9.17, 15) is 0 Å². The van der Waals surface area contributed by atoms with Crippen LogP contribution in [0.5, 0.6) is 0 Å². The van der Waals surface area contributed by atoms with Crippen molar-refractivity contribution in [3.63, 3.8) is 0 Å². The van der Waals surface area contributed by atoms with Crippen molar-refractivity contribution in [2.24, 2.45) is 9.98 Å². The fourth-order valence-corrected chi connectivity index (χ4v) is 3.85. The molecule has 0 N–H and O–H groups in total. The average Bonchev–Trinajstić information content (AvgIpc) is 3.47. The SMILES string of the molecule is C#C/C=C(\C=N/C)C1CN=C(c2ncn3c2Cc2cnnn2-c2cc(Cl)ccc2-3)O1. The highest BCUT2D eigenvalue weighted by Crippen LogP contribution is 2.31. The Morgan fingerprint density at radius 1 is 1.40 bits per heavy atom. The Hall–Kier alpha value is -3.70. The van der Waals surface area contributed by atoms with E-state index in [0.29, 0.717) is 29.6 Å². The van der Waals surface area contributed by atoms with Crippen LogP contribution in [0.2, 0.25) is 5.02 Å². The minimum atomic E-state index is -0.291. The van der Waals surface area contributed by atoms with Crippen LogP contribution in [0, 0.1) is 12.3 Å². The highest BCUT2D eigenvalue weighted by atomic mass is 35.5. The molecule has 0 radical (unpaired) electrons. The number of fused-ring (bicyclic) bond motifs is 5. The van der Waals surface area contributed by atoms with Crippen molar-refractivity contribution in [1.29, 1.82) is 0 Å². The molecule has 4 heterocycles. The summed E-state index contributed by atoms with van der Waals surface area (Å²) >= 11 is 6.24. The summed E-state index contributed by atoms with van der Waals surface area (Å²) in [4.78, 5) is 13.3. The molecular weight excluding hydrogens is 402 g/mol. The van der Waals surface area contributed by atoms with E-state index in [0.717, 1.165) is 28.3 Å². The third-order valence-electron chi connectivity index (χ3n) is 5.02. The summed E-state index contributed by atoms with van der Waals surface area (Å²) < 4.78 is 9.93. The first kappa shape index (κ1) is 18.3. The lowest BCUT2D eigenvalue weighted by Crippen LogP contribution is -2.18. The minimum Gasteiger partial charge on any atom is -0.466 e. The quantitative estimate of drug-likeness (QED) is 0.378. The maximum atomic E-state index is 6.24. The minimum absolute atomic E-state index is 0.291. The molecule has 0 aliphatic carbocycles. The van der Waals surface area contributed by atoms with Crippen molar-refractivity contribution in [3.05, 3.63) is 64.5 Å². The molecule has 2 aromatic heterocycles. The van der Waals surface area contributed by atoms with Crippen LogP contribution in [-0.4, -0.2) is 56.4 Å². The van der Waals surface area contributed by atoms with Gasteiger partial charge in [0, 0.05) is 30.3 Å². The van der Waals surface area contributed by atoms with Crippen molar-refractivity contribution in [3.8, 4) is 23.7 Å². The van der Waals surface area contributed by atoms with Crippen LogP contribution in [0.25, 0.3) is 11.4 Å². The highest BCUT2D eigenvalue weighted by molar-refractivity contribution is 6.30. The maximum Gasteiger partial charge on any atom is 0.238 e. The van der Waals surface area contributed by atoms with E-state index in [1.54, 1.807) is 36.5 Å². The number of allylic oxidation sites excluding steroid dienone is 1. The molecule has 30 heavy (non-hydrogen) atoms. The van der Waals surface area contributed by atoms with Gasteiger partial charge in [0.2, 0.25) is 5.90 Å². The predicted molar refractivity (Wildman–Crippen MR) is 114 cm³/mol. The van der Waals surface area contributed by atoms with Crippen LogP contribution in [0.15, 0.2) is 52.4 Å². The summed E-state index contributed by atoms with van der Waals surface area (Å²) in [5.41, 5.74) is 5.07. The van der Waals surface area contributed by atoms with E-state index >= 15 is 0 Å². The third-order valence-corrected chi connectivity index (χ3v) is 5.25. The van der Waals surface area contributed by atoms with Crippen LogP contribution in [0.1, 0.15) is 17.1 Å². The molecule has 0 fully saturated rings. The van der Waals surface area contributed by atoms with Gasteiger partial charge in [0.05, 0.1) is 35.5 Å².